The van der Waals surface area contributed by atoms with Crippen molar-refractivity contribution in [1.29, 1.82) is 0 Å². The van der Waals surface area contributed by atoms with Gasteiger partial charge >= 0.3 is 0 Å². The Morgan fingerprint density at radius 3 is 2.00 bits per heavy atom. The summed E-state index contributed by atoms with van der Waals surface area (Å²) in [7, 11) is 0. The fraction of sp³-hybridized carbons (Fsp3) is 0.600. The number of likely N-dealkylation sites (tertiary alicyclic amines) is 2. The van der Waals surface area contributed by atoms with Crippen molar-refractivity contribution in [1.82, 2.24) is 9.80 Å². The lowest BCUT2D eigenvalue weighted by Crippen LogP contribution is -2.47. The Hall–Kier alpha value is -3.00. The van der Waals surface area contributed by atoms with E-state index in [1.54, 1.807) is 0 Å². The summed E-state index contributed by atoms with van der Waals surface area (Å²) in [4.78, 5) is 57.9. The summed E-state index contributed by atoms with van der Waals surface area (Å²) >= 11 is 0. The second kappa shape index (κ2) is 9.04. The van der Waals surface area contributed by atoms with E-state index in [2.05, 4.69) is 0 Å². The minimum Gasteiger partial charge on any atom is -0.491 e. The van der Waals surface area contributed by atoms with Crippen molar-refractivity contribution < 1.29 is 29.0 Å². The normalized spacial score (nSPS) is 31.3. The maximum atomic E-state index is 14.0. The predicted octanol–water partition coefficient (Wildman–Crippen LogP) is 3.29. The summed E-state index contributed by atoms with van der Waals surface area (Å²) < 4.78 is 5.89. The SMILES string of the molecule is CC(C)(C)N1C(=O)[C@H]2[C@H](CC=C3[C@H]2C[C@H]2C(=O)N(C(C)(C)C)C(=O)[C@H]2[C@H]3c2ccccc2OCCO)C1=O. The number of rotatable bonds is 4. The van der Waals surface area contributed by atoms with Gasteiger partial charge in [0.05, 0.1) is 30.3 Å². The number of imide groups is 2. The van der Waals surface area contributed by atoms with Crippen LogP contribution in [0.3, 0.4) is 0 Å². The van der Waals surface area contributed by atoms with E-state index in [1.165, 1.54) is 9.80 Å². The molecular formula is C30H38N2O6. The number of aliphatic hydroxyl groups is 1. The van der Waals surface area contributed by atoms with E-state index in [1.807, 2.05) is 71.9 Å². The highest BCUT2D eigenvalue weighted by molar-refractivity contribution is 6.08. The van der Waals surface area contributed by atoms with E-state index in [0.29, 0.717) is 18.6 Å². The quantitative estimate of drug-likeness (QED) is 0.481. The molecule has 1 aromatic carbocycles. The Balaban J connectivity index is 1.66. The molecule has 0 unspecified atom stereocenters. The Morgan fingerprint density at radius 1 is 0.816 bits per heavy atom. The second-order valence-corrected chi connectivity index (χ2v) is 13.0. The first kappa shape index (κ1) is 26.6. The van der Waals surface area contributed by atoms with E-state index >= 15 is 0 Å². The number of allylic oxidation sites excluding steroid dienone is 2. The zero-order chi connectivity index (χ0) is 27.7. The van der Waals surface area contributed by atoms with Crippen molar-refractivity contribution in [3.8, 4) is 5.75 Å². The number of nitrogens with zero attached hydrogens (tertiary/aromatic N) is 2. The van der Waals surface area contributed by atoms with Gasteiger partial charge in [-0.1, -0.05) is 29.8 Å². The molecule has 8 nitrogen and oxygen atoms in total. The summed E-state index contributed by atoms with van der Waals surface area (Å²) in [6.45, 7) is 11.1. The minimum atomic E-state index is -0.687. The molecule has 6 atom stereocenters. The summed E-state index contributed by atoms with van der Waals surface area (Å²) in [5.74, 6) is -3.23. The first-order chi connectivity index (χ1) is 17.8. The standard InChI is InChI=1S/C30H38N2O6/c1-29(2,3)31-25(34)18-12-11-16-19(23(18)27(31)36)15-20-24(28(37)32(26(20)35)30(4,5)6)22(16)17-9-7-8-10-21(17)38-14-13-33/h7-11,18-20,22-24,33H,12-15H2,1-6H3/t18-,19+,20+,22+,23-,24+/m0/s1. The minimum absolute atomic E-state index is 0.0968. The van der Waals surface area contributed by atoms with Gasteiger partial charge in [0.15, 0.2) is 0 Å². The van der Waals surface area contributed by atoms with Crippen LogP contribution in [0.5, 0.6) is 5.75 Å². The van der Waals surface area contributed by atoms with Gasteiger partial charge in [-0.15, -0.1) is 0 Å². The first-order valence-electron chi connectivity index (χ1n) is 13.6. The van der Waals surface area contributed by atoms with Crippen molar-refractivity contribution in [2.45, 2.75) is 71.4 Å². The van der Waals surface area contributed by atoms with E-state index < -0.39 is 40.7 Å². The second-order valence-electron chi connectivity index (χ2n) is 13.0. The lowest BCUT2D eigenvalue weighted by Gasteiger charge is -2.44. The molecule has 2 aliphatic carbocycles. The Morgan fingerprint density at radius 2 is 1.39 bits per heavy atom. The molecule has 0 aromatic heterocycles. The van der Waals surface area contributed by atoms with Crippen LogP contribution >= 0.6 is 0 Å². The molecule has 2 aliphatic heterocycles. The number of aliphatic hydroxyl groups excluding tert-OH is 1. The van der Waals surface area contributed by atoms with Gasteiger partial charge in [0, 0.05) is 22.6 Å². The van der Waals surface area contributed by atoms with Crippen molar-refractivity contribution in [3.63, 3.8) is 0 Å². The van der Waals surface area contributed by atoms with Gasteiger partial charge < -0.3 is 9.84 Å². The van der Waals surface area contributed by atoms with Crippen LogP contribution in [0.25, 0.3) is 0 Å². The number of carbonyl (C=O) groups is 4. The van der Waals surface area contributed by atoms with Crippen LogP contribution in [-0.2, 0) is 19.2 Å². The van der Waals surface area contributed by atoms with Gasteiger partial charge in [-0.2, -0.15) is 0 Å². The van der Waals surface area contributed by atoms with Crippen LogP contribution in [0, 0.1) is 29.6 Å². The number of hydrogen-bond acceptors (Lipinski definition) is 6. The van der Waals surface area contributed by atoms with E-state index in [-0.39, 0.29) is 42.8 Å². The molecule has 5 rings (SSSR count). The highest BCUT2D eigenvalue weighted by atomic mass is 16.5. The Bertz CT molecular complexity index is 1220. The molecule has 0 spiro atoms. The first-order valence-corrected chi connectivity index (χ1v) is 13.6. The van der Waals surface area contributed by atoms with Gasteiger partial charge in [0.1, 0.15) is 12.4 Å². The maximum absolute atomic E-state index is 14.0. The third-order valence-electron chi connectivity index (χ3n) is 8.59. The van der Waals surface area contributed by atoms with Crippen molar-refractivity contribution in [2.75, 3.05) is 13.2 Å². The average molecular weight is 523 g/mol. The Labute approximate surface area is 224 Å². The summed E-state index contributed by atoms with van der Waals surface area (Å²) in [5.41, 5.74) is 0.385. The maximum Gasteiger partial charge on any atom is 0.234 e. The van der Waals surface area contributed by atoms with Crippen LogP contribution in [-0.4, -0.2) is 62.8 Å². The molecule has 4 amide bonds. The number of para-hydroxylation sites is 1. The number of amides is 4. The van der Waals surface area contributed by atoms with Crippen molar-refractivity contribution in [2.24, 2.45) is 29.6 Å². The monoisotopic (exact) mass is 522 g/mol. The fourth-order valence-corrected chi connectivity index (χ4v) is 7.28. The van der Waals surface area contributed by atoms with E-state index in [9.17, 15) is 24.3 Å². The molecule has 1 N–H and O–H groups in total. The van der Waals surface area contributed by atoms with Crippen LogP contribution in [0.2, 0.25) is 0 Å². The topological polar surface area (TPSA) is 104 Å². The van der Waals surface area contributed by atoms with E-state index in [4.69, 9.17) is 4.74 Å². The van der Waals surface area contributed by atoms with Gasteiger partial charge in [-0.3, -0.25) is 29.0 Å². The molecule has 2 saturated heterocycles. The number of hydrogen-bond donors (Lipinski definition) is 1. The third-order valence-corrected chi connectivity index (χ3v) is 8.59. The fourth-order valence-electron chi connectivity index (χ4n) is 7.28. The molecule has 204 valence electrons. The summed E-state index contributed by atoms with van der Waals surface area (Å²) in [6.07, 6.45) is 2.83. The molecular weight excluding hydrogens is 484 g/mol. The molecule has 0 radical (unpaired) electrons. The van der Waals surface area contributed by atoms with Gasteiger partial charge in [-0.05, 0) is 66.4 Å². The highest BCUT2D eigenvalue weighted by Crippen LogP contribution is 2.59. The third kappa shape index (κ3) is 3.91. The van der Waals surface area contributed by atoms with Crippen LogP contribution < -0.4 is 4.74 Å². The van der Waals surface area contributed by atoms with Crippen LogP contribution in [0.15, 0.2) is 35.9 Å². The van der Waals surface area contributed by atoms with Crippen LogP contribution in [0.4, 0.5) is 0 Å². The van der Waals surface area contributed by atoms with Crippen molar-refractivity contribution in [3.05, 3.63) is 41.5 Å². The van der Waals surface area contributed by atoms with Gasteiger partial charge in [-0.25, -0.2) is 0 Å². The number of ether oxygens (including phenoxy) is 1. The number of benzene rings is 1. The van der Waals surface area contributed by atoms with Crippen LogP contribution in [0.1, 0.15) is 65.9 Å². The molecule has 3 fully saturated rings. The summed E-state index contributed by atoms with van der Waals surface area (Å²) in [5, 5.41) is 9.40. The Kier molecular flexibility index (Phi) is 6.33. The predicted molar refractivity (Wildman–Crippen MR) is 140 cm³/mol. The van der Waals surface area contributed by atoms with Crippen molar-refractivity contribution >= 4 is 23.6 Å². The zero-order valence-corrected chi connectivity index (χ0v) is 23.1. The molecule has 38 heavy (non-hydrogen) atoms. The summed E-state index contributed by atoms with van der Waals surface area (Å²) in [6, 6.07) is 7.43. The number of carbonyl (C=O) groups excluding carboxylic acids is 4. The largest absolute Gasteiger partial charge is 0.491 e. The lowest BCUT2D eigenvalue weighted by molar-refractivity contribution is -0.147. The van der Waals surface area contributed by atoms with Gasteiger partial charge in [0.25, 0.3) is 0 Å². The molecule has 1 saturated carbocycles. The highest BCUT2D eigenvalue weighted by Gasteiger charge is 2.63. The molecule has 4 aliphatic rings. The molecule has 1 aromatic rings. The molecule has 0 bridgehead atoms. The van der Waals surface area contributed by atoms with Gasteiger partial charge in [0.2, 0.25) is 23.6 Å². The smallest absolute Gasteiger partial charge is 0.234 e. The van der Waals surface area contributed by atoms with E-state index in [0.717, 1.165) is 11.1 Å². The average Bonchev–Trinajstić information content (AvgIpc) is 3.25. The molecule has 8 heteroatoms. The number of fused-ring (bicyclic) bond motifs is 4. The zero-order valence-electron chi connectivity index (χ0n) is 23.1. The lowest BCUT2D eigenvalue weighted by atomic mass is 9.57. The molecule has 2 heterocycles.